The molecule has 0 unspecified atom stereocenters. The minimum atomic E-state index is -4.75. The van der Waals surface area contributed by atoms with Gasteiger partial charge in [-0.2, -0.15) is 13.2 Å². The molecule has 0 saturated carbocycles. The van der Waals surface area contributed by atoms with Crippen LogP contribution in [-0.4, -0.2) is 30.2 Å². The number of anilines is 1. The van der Waals surface area contributed by atoms with E-state index in [9.17, 15) is 13.2 Å². The summed E-state index contributed by atoms with van der Waals surface area (Å²) in [7, 11) is 1.48. The second-order valence-corrected chi connectivity index (χ2v) is 8.25. The number of allylic oxidation sites excluding steroid dienone is 1. The smallest absolute Gasteiger partial charge is 0.432 e. The Kier molecular flexibility index (Phi) is 7.07. The molecule has 3 aromatic rings. The average molecular weight is 464 g/mol. The van der Waals surface area contributed by atoms with Crippen molar-refractivity contribution in [2.75, 3.05) is 18.7 Å². The van der Waals surface area contributed by atoms with Crippen LogP contribution in [0, 0.1) is 12.3 Å². The number of rotatable bonds is 7. The number of para-hydroxylation sites is 2. The molecular formula is C22H20F3N3OS2. The number of thiophene rings is 1. The van der Waals surface area contributed by atoms with E-state index in [1.54, 1.807) is 48.3 Å². The third kappa shape index (κ3) is 5.48. The maximum Gasteiger partial charge on any atom is 0.432 e. The summed E-state index contributed by atoms with van der Waals surface area (Å²) in [4.78, 5) is 4.99. The largest absolute Gasteiger partial charge is 0.495 e. The first-order valence-corrected chi connectivity index (χ1v) is 11.2. The van der Waals surface area contributed by atoms with Crippen LogP contribution in [0.5, 0.6) is 5.75 Å². The zero-order valence-corrected chi connectivity index (χ0v) is 18.6. The van der Waals surface area contributed by atoms with Crippen molar-refractivity contribution in [1.29, 1.82) is 5.41 Å². The third-order valence-corrected chi connectivity index (χ3v) is 6.17. The Labute approximate surface area is 186 Å². The van der Waals surface area contributed by atoms with Crippen LogP contribution in [0.1, 0.15) is 10.4 Å². The van der Waals surface area contributed by atoms with Gasteiger partial charge in [-0.1, -0.05) is 12.1 Å². The van der Waals surface area contributed by atoms with Crippen LogP contribution in [0.15, 0.2) is 59.1 Å². The molecule has 4 nitrogen and oxygen atoms in total. The van der Waals surface area contributed by atoms with Crippen molar-refractivity contribution in [1.82, 2.24) is 4.98 Å². The van der Waals surface area contributed by atoms with Crippen LogP contribution in [-0.2, 0) is 0 Å². The number of hydrogen-bond acceptors (Lipinski definition) is 6. The molecule has 0 bridgehead atoms. The fraction of sp³-hybridized carbons (Fsp3) is 0.182. The number of nitrogens with one attached hydrogen (secondary N) is 2. The molecule has 0 saturated heterocycles. The quantitative estimate of drug-likeness (QED) is 0.296. The van der Waals surface area contributed by atoms with Gasteiger partial charge in [-0.3, -0.25) is 5.41 Å². The summed E-state index contributed by atoms with van der Waals surface area (Å²) in [5, 5.41) is 13.2. The molecule has 0 atom stereocenters. The van der Waals surface area contributed by atoms with Crippen molar-refractivity contribution in [2.24, 2.45) is 0 Å². The molecule has 0 aliphatic heterocycles. The Morgan fingerprint density at radius 2 is 1.97 bits per heavy atom. The van der Waals surface area contributed by atoms with E-state index in [4.69, 9.17) is 10.1 Å². The first-order valence-electron chi connectivity index (χ1n) is 9.10. The van der Waals surface area contributed by atoms with Gasteiger partial charge in [0, 0.05) is 11.8 Å². The molecule has 2 heterocycles. The van der Waals surface area contributed by atoms with E-state index in [1.165, 1.54) is 18.4 Å². The summed E-state index contributed by atoms with van der Waals surface area (Å²) in [6.07, 6.45) is -0.252. The van der Waals surface area contributed by atoms with Crippen molar-refractivity contribution >= 4 is 40.2 Å². The molecule has 1 aromatic carbocycles. The fourth-order valence-corrected chi connectivity index (χ4v) is 4.28. The van der Waals surface area contributed by atoms with E-state index in [-0.39, 0.29) is 5.70 Å². The van der Waals surface area contributed by atoms with E-state index in [1.807, 2.05) is 24.6 Å². The van der Waals surface area contributed by atoms with Crippen LogP contribution in [0.25, 0.3) is 16.8 Å². The van der Waals surface area contributed by atoms with Crippen LogP contribution in [0.3, 0.4) is 0 Å². The zero-order chi connectivity index (χ0) is 22.6. The van der Waals surface area contributed by atoms with Gasteiger partial charge in [0.15, 0.2) is 0 Å². The van der Waals surface area contributed by atoms with Gasteiger partial charge in [-0.05, 0) is 60.0 Å². The lowest BCUT2D eigenvalue weighted by Gasteiger charge is -2.14. The van der Waals surface area contributed by atoms with Gasteiger partial charge in [0.05, 0.1) is 28.4 Å². The predicted molar refractivity (Wildman–Crippen MR) is 122 cm³/mol. The Balaban J connectivity index is 2.01. The monoisotopic (exact) mass is 463 g/mol. The highest BCUT2D eigenvalue weighted by molar-refractivity contribution is 7.98. The molecular weight excluding hydrogens is 443 g/mol. The summed E-state index contributed by atoms with van der Waals surface area (Å²) in [6.45, 7) is 1.97. The number of hydrogen-bond donors (Lipinski definition) is 2. The van der Waals surface area contributed by atoms with Crippen molar-refractivity contribution < 1.29 is 17.9 Å². The van der Waals surface area contributed by atoms with E-state index in [0.29, 0.717) is 16.3 Å². The molecule has 0 radical (unpaired) electrons. The SMILES string of the molecule is COc1ccccc1N/C(=C\C(=N)C(F)(F)F)c1cc(-c2cnc(SC)c(C)c2)cs1. The third-order valence-electron chi connectivity index (χ3n) is 4.39. The van der Waals surface area contributed by atoms with Crippen molar-refractivity contribution in [2.45, 2.75) is 18.1 Å². The standard InChI is InChI=1S/C22H20F3N3OS2/c1-13-8-14(11-27-21(13)30-3)15-9-19(31-12-15)17(10-20(26)22(23,24)25)28-16-6-4-5-7-18(16)29-2/h4-12,26,28H,1-3H3/b17-10-,26-20?. The molecule has 0 aliphatic carbocycles. The molecule has 0 amide bonds. The highest BCUT2D eigenvalue weighted by atomic mass is 32.2. The number of thioether (sulfide) groups is 1. The second kappa shape index (κ2) is 9.57. The molecule has 0 aliphatic rings. The van der Waals surface area contributed by atoms with Gasteiger partial charge in [-0.15, -0.1) is 23.1 Å². The summed E-state index contributed by atoms with van der Waals surface area (Å²) in [6, 6.07) is 10.7. The van der Waals surface area contributed by atoms with E-state index in [2.05, 4.69) is 10.3 Å². The van der Waals surface area contributed by atoms with Crippen LogP contribution in [0.2, 0.25) is 0 Å². The number of alkyl halides is 3. The number of benzene rings is 1. The molecule has 2 N–H and O–H groups in total. The fourth-order valence-electron chi connectivity index (χ4n) is 2.85. The highest BCUT2D eigenvalue weighted by Gasteiger charge is 2.33. The molecule has 9 heteroatoms. The van der Waals surface area contributed by atoms with Crippen molar-refractivity contribution in [3.63, 3.8) is 0 Å². The maximum atomic E-state index is 13.1. The number of halogens is 3. The van der Waals surface area contributed by atoms with E-state index < -0.39 is 11.9 Å². The number of methoxy groups -OCH3 is 1. The minimum absolute atomic E-state index is 0.161. The summed E-state index contributed by atoms with van der Waals surface area (Å²) < 4.78 is 44.5. The van der Waals surface area contributed by atoms with Crippen LogP contribution < -0.4 is 10.1 Å². The lowest BCUT2D eigenvalue weighted by atomic mass is 10.1. The van der Waals surface area contributed by atoms with Gasteiger partial charge in [0.1, 0.15) is 11.5 Å². The number of pyridine rings is 1. The number of ether oxygens (including phenoxy) is 1. The number of aromatic nitrogens is 1. The molecule has 162 valence electrons. The summed E-state index contributed by atoms with van der Waals surface area (Å²) in [5.41, 5.74) is 1.97. The highest BCUT2D eigenvalue weighted by Crippen LogP contribution is 2.34. The lowest BCUT2D eigenvalue weighted by molar-refractivity contribution is -0.0583. The predicted octanol–water partition coefficient (Wildman–Crippen LogP) is 6.88. The van der Waals surface area contributed by atoms with Crippen LogP contribution in [0.4, 0.5) is 18.9 Å². The Bertz CT molecular complexity index is 1120. The number of aryl methyl sites for hydroxylation is 1. The first kappa shape index (κ1) is 22.9. The minimum Gasteiger partial charge on any atom is -0.495 e. The Morgan fingerprint density at radius 1 is 1.23 bits per heavy atom. The normalized spacial score (nSPS) is 12.0. The first-order chi connectivity index (χ1) is 14.7. The van der Waals surface area contributed by atoms with E-state index in [0.717, 1.165) is 27.8 Å². The van der Waals surface area contributed by atoms with Crippen molar-refractivity contribution in [3.8, 4) is 16.9 Å². The van der Waals surface area contributed by atoms with Gasteiger partial charge < -0.3 is 10.1 Å². The molecule has 0 fully saturated rings. The number of nitrogens with zero attached hydrogens (tertiary/aromatic N) is 1. The zero-order valence-electron chi connectivity index (χ0n) is 17.0. The molecule has 2 aromatic heterocycles. The molecule has 31 heavy (non-hydrogen) atoms. The molecule has 3 rings (SSSR count). The lowest BCUT2D eigenvalue weighted by Crippen LogP contribution is -2.20. The summed E-state index contributed by atoms with van der Waals surface area (Å²) in [5.74, 6) is 0.483. The van der Waals surface area contributed by atoms with Crippen molar-refractivity contribution in [3.05, 3.63) is 64.5 Å². The van der Waals surface area contributed by atoms with Crippen LogP contribution >= 0.6 is 23.1 Å². The maximum absolute atomic E-state index is 13.1. The second-order valence-electron chi connectivity index (χ2n) is 6.54. The van der Waals surface area contributed by atoms with Gasteiger partial charge in [-0.25, -0.2) is 4.98 Å². The molecule has 0 spiro atoms. The van der Waals surface area contributed by atoms with Gasteiger partial charge in [0.25, 0.3) is 0 Å². The topological polar surface area (TPSA) is 58.0 Å². The average Bonchev–Trinajstić information content (AvgIpc) is 3.23. The van der Waals surface area contributed by atoms with E-state index >= 15 is 0 Å². The van der Waals surface area contributed by atoms with Gasteiger partial charge in [0.2, 0.25) is 0 Å². The summed E-state index contributed by atoms with van der Waals surface area (Å²) >= 11 is 2.84. The Hall–Kier alpha value is -2.78. The Morgan fingerprint density at radius 3 is 2.61 bits per heavy atom. The van der Waals surface area contributed by atoms with Gasteiger partial charge >= 0.3 is 6.18 Å².